The minimum absolute atomic E-state index is 0.0250. The van der Waals surface area contributed by atoms with Crippen molar-refractivity contribution in [2.75, 3.05) is 11.9 Å². The van der Waals surface area contributed by atoms with E-state index in [9.17, 15) is 18.4 Å². The summed E-state index contributed by atoms with van der Waals surface area (Å²) in [6, 6.07) is 5.80. The van der Waals surface area contributed by atoms with E-state index in [1.54, 1.807) is 19.3 Å². The van der Waals surface area contributed by atoms with Crippen LogP contribution in [-0.4, -0.2) is 40.0 Å². The zero-order chi connectivity index (χ0) is 28.3. The predicted octanol–water partition coefficient (Wildman–Crippen LogP) is 5.29. The van der Waals surface area contributed by atoms with Crippen molar-refractivity contribution in [1.29, 1.82) is 0 Å². The number of hydrogen-bond donors (Lipinski definition) is 2. The number of alkyl halides is 2. The van der Waals surface area contributed by atoms with E-state index in [4.69, 9.17) is 19.6 Å². The Bertz CT molecular complexity index is 1330. The standard InChI is InChI=1S/C26H31F2N5O6/c1-26(2,3)12-18(38-25(29)35)21-20(22(34)30-19-9-10-33(4)32-19)31-23(39-21)15-7-8-16(37-24(27)28)17(11-15)36-13-14-5-6-14/h7-11,14,18,24H,5-6,12-13H2,1-4H3,(H2,29,35)(H,30,32,34)/t18-/m0/s1. The number of carbonyl (C=O) groups excluding carboxylic acids is 2. The Kier molecular flexibility index (Phi) is 8.07. The van der Waals surface area contributed by atoms with E-state index < -0.39 is 24.7 Å². The van der Waals surface area contributed by atoms with E-state index in [1.807, 2.05) is 20.8 Å². The molecule has 1 aromatic carbocycles. The van der Waals surface area contributed by atoms with Gasteiger partial charge in [-0.25, -0.2) is 9.78 Å². The van der Waals surface area contributed by atoms with Crippen LogP contribution in [0.15, 0.2) is 34.9 Å². The Morgan fingerprint density at radius 3 is 2.56 bits per heavy atom. The highest BCUT2D eigenvalue weighted by atomic mass is 19.3. The van der Waals surface area contributed by atoms with Crippen LogP contribution in [0.1, 0.15) is 62.4 Å². The van der Waals surface area contributed by atoms with Crippen molar-refractivity contribution in [3.05, 3.63) is 41.9 Å². The number of carbonyl (C=O) groups is 2. The molecule has 1 saturated carbocycles. The zero-order valence-corrected chi connectivity index (χ0v) is 22.1. The van der Waals surface area contributed by atoms with Crippen molar-refractivity contribution in [3.63, 3.8) is 0 Å². The van der Waals surface area contributed by atoms with Crippen molar-refractivity contribution in [2.45, 2.75) is 52.7 Å². The number of aromatic nitrogens is 3. The third-order valence-electron chi connectivity index (χ3n) is 5.75. The molecule has 1 aliphatic carbocycles. The number of ether oxygens (including phenoxy) is 3. The lowest BCUT2D eigenvalue weighted by atomic mass is 9.88. The number of hydrogen-bond acceptors (Lipinski definition) is 8. The summed E-state index contributed by atoms with van der Waals surface area (Å²) in [4.78, 5) is 29.4. The topological polar surface area (TPSA) is 144 Å². The van der Waals surface area contributed by atoms with Crippen LogP contribution in [0.25, 0.3) is 11.5 Å². The minimum Gasteiger partial charge on any atom is -0.489 e. The second-order valence-corrected chi connectivity index (χ2v) is 10.5. The monoisotopic (exact) mass is 547 g/mol. The summed E-state index contributed by atoms with van der Waals surface area (Å²) in [5.74, 6) is -0.148. The molecule has 4 rings (SSSR count). The molecule has 0 bridgehead atoms. The zero-order valence-electron chi connectivity index (χ0n) is 22.1. The quantitative estimate of drug-likeness (QED) is 0.330. The van der Waals surface area contributed by atoms with E-state index in [2.05, 4.69) is 20.1 Å². The van der Waals surface area contributed by atoms with E-state index >= 15 is 0 Å². The van der Waals surface area contributed by atoms with Gasteiger partial charge < -0.3 is 29.7 Å². The van der Waals surface area contributed by atoms with E-state index in [0.29, 0.717) is 18.1 Å². The number of rotatable bonds is 11. The first-order valence-electron chi connectivity index (χ1n) is 12.4. The second-order valence-electron chi connectivity index (χ2n) is 10.5. The number of oxazole rings is 1. The van der Waals surface area contributed by atoms with Crippen molar-refractivity contribution >= 4 is 17.8 Å². The van der Waals surface area contributed by atoms with Crippen molar-refractivity contribution in [2.24, 2.45) is 24.1 Å². The molecule has 2 aromatic heterocycles. The van der Waals surface area contributed by atoms with Gasteiger partial charge in [0.2, 0.25) is 5.89 Å². The van der Waals surface area contributed by atoms with Gasteiger partial charge in [-0.15, -0.1) is 0 Å². The molecule has 11 nitrogen and oxygen atoms in total. The molecule has 2 amide bonds. The van der Waals surface area contributed by atoms with Gasteiger partial charge in [0.1, 0.15) is 0 Å². The third kappa shape index (κ3) is 7.68. The van der Waals surface area contributed by atoms with Gasteiger partial charge >= 0.3 is 12.7 Å². The first-order chi connectivity index (χ1) is 18.4. The maximum Gasteiger partial charge on any atom is 0.405 e. The minimum atomic E-state index is -3.04. The van der Waals surface area contributed by atoms with E-state index in [1.165, 1.54) is 22.9 Å². The fourth-order valence-corrected chi connectivity index (χ4v) is 3.82. The van der Waals surface area contributed by atoms with Gasteiger partial charge in [-0.05, 0) is 48.8 Å². The number of primary amides is 1. The van der Waals surface area contributed by atoms with Crippen LogP contribution in [0.5, 0.6) is 11.5 Å². The largest absolute Gasteiger partial charge is 0.489 e. The average molecular weight is 548 g/mol. The maximum atomic E-state index is 13.3. The molecule has 0 aliphatic heterocycles. The predicted molar refractivity (Wildman–Crippen MR) is 135 cm³/mol. The van der Waals surface area contributed by atoms with E-state index in [-0.39, 0.29) is 46.5 Å². The van der Waals surface area contributed by atoms with Crippen molar-refractivity contribution in [1.82, 2.24) is 14.8 Å². The fraction of sp³-hybridized carbons (Fsp3) is 0.462. The molecular weight excluding hydrogens is 516 g/mol. The smallest absolute Gasteiger partial charge is 0.405 e. The number of halogens is 2. The molecule has 2 heterocycles. The molecular formula is C26H31F2N5O6. The number of nitrogens with one attached hydrogen (secondary N) is 1. The van der Waals surface area contributed by atoms with Crippen LogP contribution >= 0.6 is 0 Å². The van der Waals surface area contributed by atoms with Crippen LogP contribution in [0.3, 0.4) is 0 Å². The Labute approximate surface area is 223 Å². The lowest BCUT2D eigenvalue weighted by Gasteiger charge is -2.24. The molecule has 210 valence electrons. The Balaban J connectivity index is 1.75. The summed E-state index contributed by atoms with van der Waals surface area (Å²) >= 11 is 0. The van der Waals surface area contributed by atoms with Crippen LogP contribution in [0.4, 0.5) is 19.4 Å². The average Bonchev–Trinajstić information content (AvgIpc) is 3.40. The molecule has 39 heavy (non-hydrogen) atoms. The van der Waals surface area contributed by atoms with Gasteiger partial charge in [0.15, 0.2) is 34.9 Å². The molecule has 0 radical (unpaired) electrons. The molecule has 1 atom stereocenters. The summed E-state index contributed by atoms with van der Waals surface area (Å²) < 4.78 is 49.2. The fourth-order valence-electron chi connectivity index (χ4n) is 3.82. The number of nitrogens with zero attached hydrogens (tertiary/aromatic N) is 3. The molecule has 3 N–H and O–H groups in total. The third-order valence-corrected chi connectivity index (χ3v) is 5.75. The number of aryl methyl sites for hydroxylation is 1. The Morgan fingerprint density at radius 2 is 1.97 bits per heavy atom. The summed E-state index contributed by atoms with van der Waals surface area (Å²) in [6.45, 7) is 3.05. The number of nitrogens with two attached hydrogens (primary N) is 1. The molecule has 3 aromatic rings. The summed E-state index contributed by atoms with van der Waals surface area (Å²) in [5, 5.41) is 6.78. The Hall–Kier alpha value is -4.16. The van der Waals surface area contributed by atoms with Crippen LogP contribution in [0, 0.1) is 11.3 Å². The van der Waals surface area contributed by atoms with Gasteiger partial charge in [0, 0.05) is 24.9 Å². The highest BCUT2D eigenvalue weighted by Crippen LogP contribution is 2.39. The summed E-state index contributed by atoms with van der Waals surface area (Å²) in [6.07, 6.45) is 1.80. The molecule has 0 saturated heterocycles. The van der Waals surface area contributed by atoms with Crippen molar-refractivity contribution < 1.29 is 37.0 Å². The highest BCUT2D eigenvalue weighted by Gasteiger charge is 2.33. The molecule has 1 fully saturated rings. The van der Waals surface area contributed by atoms with Crippen molar-refractivity contribution in [3.8, 4) is 23.0 Å². The second kappa shape index (κ2) is 11.3. The van der Waals surface area contributed by atoms with Gasteiger partial charge in [-0.2, -0.15) is 13.9 Å². The number of amides is 2. The van der Waals surface area contributed by atoms with Gasteiger partial charge in [-0.3, -0.25) is 9.48 Å². The number of benzene rings is 1. The molecule has 0 spiro atoms. The van der Waals surface area contributed by atoms with Crippen LogP contribution < -0.4 is 20.5 Å². The first-order valence-corrected chi connectivity index (χ1v) is 12.4. The van der Waals surface area contributed by atoms with Gasteiger partial charge in [0.05, 0.1) is 6.61 Å². The maximum absolute atomic E-state index is 13.3. The SMILES string of the molecule is Cn1ccc(NC(=O)c2nc(-c3ccc(OC(F)F)c(OCC4CC4)c3)oc2[C@H](CC(C)(C)C)OC(N)=O)n1. The highest BCUT2D eigenvalue weighted by molar-refractivity contribution is 6.03. The van der Waals surface area contributed by atoms with Crippen LogP contribution in [-0.2, 0) is 11.8 Å². The van der Waals surface area contributed by atoms with Gasteiger partial charge in [0.25, 0.3) is 5.91 Å². The lowest BCUT2D eigenvalue weighted by Crippen LogP contribution is -2.24. The Morgan fingerprint density at radius 1 is 1.23 bits per heavy atom. The number of anilines is 1. The lowest BCUT2D eigenvalue weighted by molar-refractivity contribution is -0.0515. The first kappa shape index (κ1) is 27.9. The van der Waals surface area contributed by atoms with Gasteiger partial charge in [-0.1, -0.05) is 20.8 Å². The van der Waals surface area contributed by atoms with E-state index in [0.717, 1.165) is 12.8 Å². The molecule has 0 unspecified atom stereocenters. The molecule has 13 heteroatoms. The normalized spacial score (nSPS) is 14.2. The summed E-state index contributed by atoms with van der Waals surface area (Å²) in [7, 11) is 1.69. The van der Waals surface area contributed by atoms with Crippen LogP contribution in [0.2, 0.25) is 0 Å². The molecule has 1 aliphatic rings. The summed E-state index contributed by atoms with van der Waals surface area (Å²) in [5.41, 5.74) is 5.14.